The molecule has 0 atom stereocenters. The fourth-order valence-corrected chi connectivity index (χ4v) is 4.26. The summed E-state index contributed by atoms with van der Waals surface area (Å²) in [5.74, 6) is -0.220. The van der Waals surface area contributed by atoms with E-state index in [0.717, 1.165) is 15.6 Å². The monoisotopic (exact) mass is 520 g/mol. The largest absolute Gasteiger partial charge is 0.272 e. The average Bonchev–Trinajstić information content (AvgIpc) is 2.82. The van der Waals surface area contributed by atoms with Gasteiger partial charge in [0.15, 0.2) is 5.16 Å². The Bertz CT molecular complexity index is 1400. The van der Waals surface area contributed by atoms with Crippen molar-refractivity contribution in [3.05, 3.63) is 98.7 Å². The summed E-state index contributed by atoms with van der Waals surface area (Å²) in [7, 11) is 0. The van der Waals surface area contributed by atoms with Crippen molar-refractivity contribution in [1.82, 2.24) is 15.0 Å². The zero-order valence-corrected chi connectivity index (χ0v) is 20.5. The fourth-order valence-electron chi connectivity index (χ4n) is 3.19. The van der Waals surface area contributed by atoms with Gasteiger partial charge < -0.3 is 0 Å². The van der Waals surface area contributed by atoms with E-state index in [2.05, 4.69) is 31.4 Å². The number of carbonyl (C=O) groups is 1. The highest BCUT2D eigenvalue weighted by Gasteiger charge is 2.15. The number of benzene rings is 3. The van der Waals surface area contributed by atoms with Crippen molar-refractivity contribution >= 4 is 50.2 Å². The zero-order chi connectivity index (χ0) is 23.4. The van der Waals surface area contributed by atoms with Gasteiger partial charge in [0.25, 0.3) is 11.5 Å². The summed E-state index contributed by atoms with van der Waals surface area (Å²) in [5, 5.41) is 5.16. The van der Waals surface area contributed by atoms with Gasteiger partial charge in [0, 0.05) is 4.47 Å². The Morgan fingerprint density at radius 2 is 1.76 bits per heavy atom. The summed E-state index contributed by atoms with van der Waals surface area (Å²) in [6.07, 6.45) is 0. The second kappa shape index (κ2) is 10.1. The SMILES string of the molecule is CC(=NNC(=O)CSc1nc2ccccc2c(=O)n1-c1ccc(Br)cc1)c1ccc(C)cc1. The number of hydrogen-bond acceptors (Lipinski definition) is 5. The van der Waals surface area contributed by atoms with Crippen LogP contribution in [0.2, 0.25) is 0 Å². The number of para-hydroxylation sites is 1. The van der Waals surface area contributed by atoms with Crippen molar-refractivity contribution in [2.45, 2.75) is 19.0 Å². The maximum absolute atomic E-state index is 13.3. The number of nitrogens with one attached hydrogen (secondary N) is 1. The first kappa shape index (κ1) is 22.9. The molecule has 0 saturated carbocycles. The number of hydrazone groups is 1. The van der Waals surface area contributed by atoms with Crippen molar-refractivity contribution in [3.8, 4) is 5.69 Å². The number of amides is 1. The van der Waals surface area contributed by atoms with Gasteiger partial charge in [-0.15, -0.1) is 0 Å². The molecule has 0 bridgehead atoms. The van der Waals surface area contributed by atoms with E-state index in [9.17, 15) is 9.59 Å². The Kier molecular flexibility index (Phi) is 7.05. The molecule has 1 heterocycles. The molecule has 0 fully saturated rings. The van der Waals surface area contributed by atoms with Gasteiger partial charge in [-0.2, -0.15) is 5.10 Å². The topological polar surface area (TPSA) is 76.3 Å². The molecule has 8 heteroatoms. The van der Waals surface area contributed by atoms with E-state index in [1.165, 1.54) is 16.3 Å². The first-order valence-corrected chi connectivity index (χ1v) is 12.0. The summed E-state index contributed by atoms with van der Waals surface area (Å²) in [4.78, 5) is 30.4. The first-order chi connectivity index (χ1) is 15.9. The summed E-state index contributed by atoms with van der Waals surface area (Å²) in [6.45, 7) is 3.86. The van der Waals surface area contributed by atoms with E-state index in [0.29, 0.717) is 27.5 Å². The predicted octanol–water partition coefficient (Wildman–Crippen LogP) is 5.09. The molecule has 0 aliphatic rings. The van der Waals surface area contributed by atoms with Gasteiger partial charge in [0.05, 0.1) is 28.1 Å². The van der Waals surface area contributed by atoms with Crippen LogP contribution in [-0.2, 0) is 4.79 Å². The number of aromatic nitrogens is 2. The Hall–Kier alpha value is -3.23. The minimum atomic E-state index is -0.281. The average molecular weight is 521 g/mol. The van der Waals surface area contributed by atoms with Crippen LogP contribution < -0.4 is 11.0 Å². The molecule has 0 aliphatic carbocycles. The summed E-state index contributed by atoms with van der Waals surface area (Å²) < 4.78 is 2.44. The third-order valence-electron chi connectivity index (χ3n) is 4.98. The molecule has 0 spiro atoms. The Balaban J connectivity index is 1.57. The van der Waals surface area contributed by atoms with Crippen molar-refractivity contribution in [2.75, 3.05) is 5.75 Å². The lowest BCUT2D eigenvalue weighted by molar-refractivity contribution is -0.118. The molecule has 1 N–H and O–H groups in total. The van der Waals surface area contributed by atoms with E-state index in [-0.39, 0.29) is 17.2 Å². The quantitative estimate of drug-likeness (QED) is 0.166. The van der Waals surface area contributed by atoms with Crippen LogP contribution in [-0.4, -0.2) is 26.9 Å². The van der Waals surface area contributed by atoms with Gasteiger partial charge in [-0.05, 0) is 55.8 Å². The molecule has 0 radical (unpaired) electrons. The molecule has 0 aliphatic heterocycles. The summed E-state index contributed by atoms with van der Waals surface area (Å²) >= 11 is 4.61. The second-order valence-electron chi connectivity index (χ2n) is 7.42. The number of rotatable bonds is 6. The van der Waals surface area contributed by atoms with Crippen molar-refractivity contribution in [3.63, 3.8) is 0 Å². The highest BCUT2D eigenvalue weighted by atomic mass is 79.9. The molecule has 1 aromatic heterocycles. The van der Waals surface area contributed by atoms with Gasteiger partial charge in [-0.25, -0.2) is 10.4 Å². The Labute approximate surface area is 203 Å². The van der Waals surface area contributed by atoms with Gasteiger partial charge in [-0.1, -0.05) is 69.7 Å². The third-order valence-corrected chi connectivity index (χ3v) is 6.45. The molecule has 166 valence electrons. The Morgan fingerprint density at radius 3 is 2.48 bits per heavy atom. The molecule has 3 aromatic carbocycles. The number of thioether (sulfide) groups is 1. The molecule has 0 saturated heterocycles. The number of fused-ring (bicyclic) bond motifs is 1. The van der Waals surface area contributed by atoms with Crippen LogP contribution in [0.5, 0.6) is 0 Å². The molecule has 0 unspecified atom stereocenters. The van der Waals surface area contributed by atoms with Crippen LogP contribution in [0, 0.1) is 6.92 Å². The number of nitrogens with zero attached hydrogens (tertiary/aromatic N) is 3. The van der Waals surface area contributed by atoms with Crippen LogP contribution in [0.15, 0.2) is 92.3 Å². The van der Waals surface area contributed by atoms with Crippen LogP contribution in [0.25, 0.3) is 16.6 Å². The van der Waals surface area contributed by atoms with Crippen molar-refractivity contribution in [2.24, 2.45) is 5.10 Å². The van der Waals surface area contributed by atoms with Crippen LogP contribution in [0.3, 0.4) is 0 Å². The maximum atomic E-state index is 13.3. The number of aryl methyl sites for hydroxylation is 1. The van der Waals surface area contributed by atoms with Crippen LogP contribution in [0.1, 0.15) is 18.1 Å². The van der Waals surface area contributed by atoms with E-state index in [1.807, 2.05) is 74.5 Å². The molecular formula is C25H21BrN4O2S. The standard InChI is InChI=1S/C25H21BrN4O2S/c1-16-7-9-18(10-8-16)17(2)28-29-23(31)15-33-25-27-22-6-4-3-5-21(22)24(32)30(25)20-13-11-19(26)12-14-20/h3-14H,15H2,1-2H3,(H,29,31). The molecule has 6 nitrogen and oxygen atoms in total. The van der Waals surface area contributed by atoms with E-state index in [4.69, 9.17) is 0 Å². The van der Waals surface area contributed by atoms with E-state index < -0.39 is 0 Å². The minimum Gasteiger partial charge on any atom is -0.272 e. The molecule has 4 aromatic rings. The van der Waals surface area contributed by atoms with Gasteiger partial charge in [0.1, 0.15) is 0 Å². The molecule has 4 rings (SSSR count). The summed E-state index contributed by atoms with van der Waals surface area (Å²) in [6, 6.07) is 22.5. The minimum absolute atomic E-state index is 0.0615. The van der Waals surface area contributed by atoms with Gasteiger partial charge in [-0.3, -0.25) is 14.2 Å². The van der Waals surface area contributed by atoms with Gasteiger partial charge in [0.2, 0.25) is 0 Å². The second-order valence-corrected chi connectivity index (χ2v) is 9.27. The third kappa shape index (κ3) is 5.40. The zero-order valence-electron chi connectivity index (χ0n) is 18.1. The van der Waals surface area contributed by atoms with E-state index in [1.54, 1.807) is 12.1 Å². The number of carbonyl (C=O) groups excluding carboxylic acids is 1. The Morgan fingerprint density at radius 1 is 1.06 bits per heavy atom. The lowest BCUT2D eigenvalue weighted by Gasteiger charge is -2.13. The fraction of sp³-hybridized carbons (Fsp3) is 0.120. The van der Waals surface area contributed by atoms with Crippen LogP contribution in [0.4, 0.5) is 0 Å². The van der Waals surface area contributed by atoms with E-state index >= 15 is 0 Å². The lowest BCUT2D eigenvalue weighted by Crippen LogP contribution is -2.24. The molecule has 1 amide bonds. The summed E-state index contributed by atoms with van der Waals surface area (Å²) in [5.41, 5.74) is 6.49. The molecular weight excluding hydrogens is 500 g/mol. The number of hydrogen-bond donors (Lipinski definition) is 1. The number of halogens is 1. The van der Waals surface area contributed by atoms with Crippen LogP contribution >= 0.6 is 27.7 Å². The van der Waals surface area contributed by atoms with Crippen molar-refractivity contribution in [1.29, 1.82) is 0 Å². The first-order valence-electron chi connectivity index (χ1n) is 10.2. The smallest absolute Gasteiger partial charge is 0.266 e. The highest BCUT2D eigenvalue weighted by Crippen LogP contribution is 2.22. The normalized spacial score (nSPS) is 11.5. The highest BCUT2D eigenvalue weighted by molar-refractivity contribution is 9.10. The van der Waals surface area contributed by atoms with Crippen molar-refractivity contribution < 1.29 is 4.79 Å². The maximum Gasteiger partial charge on any atom is 0.266 e. The molecule has 33 heavy (non-hydrogen) atoms. The van der Waals surface area contributed by atoms with Gasteiger partial charge >= 0.3 is 0 Å². The lowest BCUT2D eigenvalue weighted by atomic mass is 10.1. The predicted molar refractivity (Wildman–Crippen MR) is 137 cm³/mol.